The molecule has 0 spiro atoms. The second-order valence-electron chi connectivity index (χ2n) is 5.92. The predicted molar refractivity (Wildman–Crippen MR) is 92.2 cm³/mol. The van der Waals surface area contributed by atoms with Gasteiger partial charge in [-0.1, -0.05) is 13.8 Å². The van der Waals surface area contributed by atoms with Gasteiger partial charge in [-0.15, -0.1) is 11.3 Å². The summed E-state index contributed by atoms with van der Waals surface area (Å²) in [5, 5.41) is 4.27. The Labute approximate surface area is 134 Å². The van der Waals surface area contributed by atoms with Gasteiger partial charge in [0.1, 0.15) is 15.8 Å². The first-order valence-electron chi connectivity index (χ1n) is 7.51. The summed E-state index contributed by atoms with van der Waals surface area (Å²) in [5.74, 6) is 0.620. The molecular weight excluding hydrogens is 300 g/mol. The number of anilines is 2. The molecule has 1 aliphatic rings. The molecule has 0 atom stereocenters. The predicted octanol–water partition coefficient (Wildman–Crippen LogP) is 4.17. The van der Waals surface area contributed by atoms with E-state index in [0.29, 0.717) is 11.2 Å². The fourth-order valence-corrected chi connectivity index (χ4v) is 4.87. The highest BCUT2D eigenvalue weighted by molar-refractivity contribution is 7.15. The summed E-state index contributed by atoms with van der Waals surface area (Å²) in [6, 6.07) is 0. The molecule has 114 valence electrons. The van der Waals surface area contributed by atoms with Gasteiger partial charge in [0.2, 0.25) is 0 Å². The Hall–Kier alpha value is -1.14. The molecule has 4 nitrogen and oxygen atoms in total. The van der Waals surface area contributed by atoms with E-state index in [-0.39, 0.29) is 0 Å². The third kappa shape index (κ3) is 2.55. The smallest absolute Gasteiger partial charge is 0.149 e. The molecule has 2 aromatic rings. The second kappa shape index (κ2) is 5.57. The molecule has 1 saturated heterocycles. The lowest BCUT2D eigenvalue weighted by atomic mass is 9.82. The van der Waals surface area contributed by atoms with Gasteiger partial charge in [-0.25, -0.2) is 4.98 Å². The molecule has 0 amide bonds. The number of nitrogen functional groups attached to an aromatic ring is 1. The zero-order valence-electron chi connectivity index (χ0n) is 12.8. The van der Waals surface area contributed by atoms with Gasteiger partial charge in [0, 0.05) is 24.2 Å². The summed E-state index contributed by atoms with van der Waals surface area (Å²) < 4.78 is 4.39. The Kier molecular flexibility index (Phi) is 3.92. The lowest BCUT2D eigenvalue weighted by molar-refractivity contribution is 0.301. The summed E-state index contributed by atoms with van der Waals surface area (Å²) in [7, 11) is 0. The Balaban J connectivity index is 1.94. The molecule has 21 heavy (non-hydrogen) atoms. The second-order valence-corrected chi connectivity index (χ2v) is 7.53. The topological polar surface area (TPSA) is 55.0 Å². The number of rotatable bonds is 4. The van der Waals surface area contributed by atoms with Crippen LogP contribution in [0.15, 0.2) is 5.38 Å². The van der Waals surface area contributed by atoms with Crippen LogP contribution in [0, 0.1) is 12.3 Å². The molecule has 0 aliphatic carbocycles. The van der Waals surface area contributed by atoms with E-state index in [4.69, 9.17) is 5.73 Å². The van der Waals surface area contributed by atoms with Gasteiger partial charge in [-0.05, 0) is 43.1 Å². The van der Waals surface area contributed by atoms with Gasteiger partial charge in [0.25, 0.3) is 0 Å². The number of thiazole rings is 1. The maximum absolute atomic E-state index is 6.12. The minimum Gasteiger partial charge on any atom is -0.382 e. The van der Waals surface area contributed by atoms with Crippen molar-refractivity contribution in [3.63, 3.8) is 0 Å². The molecule has 3 rings (SSSR count). The average Bonchev–Trinajstić information content (AvgIpc) is 3.17. The Bertz CT molecular complexity index is 627. The lowest BCUT2D eigenvalue weighted by Gasteiger charge is -2.26. The maximum Gasteiger partial charge on any atom is 0.149 e. The van der Waals surface area contributed by atoms with Gasteiger partial charge < -0.3 is 10.6 Å². The molecule has 0 aromatic carbocycles. The SMILES string of the molecule is CCC1(CC)CCN(c2snc(N)c2-c2nc(C)cs2)C1. The summed E-state index contributed by atoms with van der Waals surface area (Å²) >= 11 is 3.17. The molecule has 3 heterocycles. The van der Waals surface area contributed by atoms with Crippen LogP contribution in [0.1, 0.15) is 38.8 Å². The maximum atomic E-state index is 6.12. The van der Waals surface area contributed by atoms with Crippen molar-refractivity contribution in [1.82, 2.24) is 9.36 Å². The molecule has 0 radical (unpaired) electrons. The Morgan fingerprint density at radius 2 is 2.14 bits per heavy atom. The zero-order valence-corrected chi connectivity index (χ0v) is 14.5. The largest absolute Gasteiger partial charge is 0.382 e. The Morgan fingerprint density at radius 3 is 2.71 bits per heavy atom. The monoisotopic (exact) mass is 322 g/mol. The first kappa shape index (κ1) is 14.8. The number of nitrogens with zero attached hydrogens (tertiary/aromatic N) is 3. The molecule has 6 heteroatoms. The van der Waals surface area contributed by atoms with Crippen LogP contribution < -0.4 is 10.6 Å². The van der Waals surface area contributed by atoms with Crippen molar-refractivity contribution in [3.8, 4) is 10.6 Å². The van der Waals surface area contributed by atoms with Crippen molar-refractivity contribution in [2.75, 3.05) is 23.7 Å². The fraction of sp³-hybridized carbons (Fsp3) is 0.600. The van der Waals surface area contributed by atoms with E-state index in [0.717, 1.165) is 29.4 Å². The van der Waals surface area contributed by atoms with Crippen LogP contribution in [0.3, 0.4) is 0 Å². The first-order chi connectivity index (χ1) is 10.1. The molecule has 1 aliphatic heterocycles. The van der Waals surface area contributed by atoms with E-state index in [2.05, 4.69) is 33.5 Å². The van der Waals surface area contributed by atoms with Crippen LogP contribution in [0.25, 0.3) is 10.6 Å². The van der Waals surface area contributed by atoms with Gasteiger partial charge in [-0.2, -0.15) is 4.37 Å². The lowest BCUT2D eigenvalue weighted by Crippen LogP contribution is -2.25. The van der Waals surface area contributed by atoms with Crippen LogP contribution in [-0.4, -0.2) is 22.4 Å². The van der Waals surface area contributed by atoms with Gasteiger partial charge in [-0.3, -0.25) is 0 Å². The third-order valence-corrected chi connectivity index (χ3v) is 6.66. The number of nitrogens with two attached hydrogens (primary N) is 1. The van der Waals surface area contributed by atoms with Crippen molar-refractivity contribution >= 4 is 33.7 Å². The van der Waals surface area contributed by atoms with E-state index >= 15 is 0 Å². The molecule has 0 bridgehead atoms. The summed E-state index contributed by atoms with van der Waals surface area (Å²) in [4.78, 5) is 7.07. The van der Waals surface area contributed by atoms with Gasteiger partial charge in [0.15, 0.2) is 0 Å². The van der Waals surface area contributed by atoms with Crippen molar-refractivity contribution in [2.45, 2.75) is 40.0 Å². The number of aryl methyl sites for hydroxylation is 1. The van der Waals surface area contributed by atoms with Gasteiger partial charge >= 0.3 is 0 Å². The van der Waals surface area contributed by atoms with Crippen molar-refractivity contribution in [2.24, 2.45) is 5.41 Å². The fourth-order valence-electron chi connectivity index (χ4n) is 3.11. The van der Waals surface area contributed by atoms with E-state index in [9.17, 15) is 0 Å². The zero-order chi connectivity index (χ0) is 15.0. The van der Waals surface area contributed by atoms with Crippen molar-refractivity contribution in [1.29, 1.82) is 0 Å². The molecule has 1 fully saturated rings. The Morgan fingerprint density at radius 1 is 1.38 bits per heavy atom. The van der Waals surface area contributed by atoms with Crippen molar-refractivity contribution < 1.29 is 0 Å². The van der Waals surface area contributed by atoms with Gasteiger partial charge in [0.05, 0.1) is 5.56 Å². The van der Waals surface area contributed by atoms with E-state index < -0.39 is 0 Å². The molecule has 2 N–H and O–H groups in total. The highest BCUT2D eigenvalue weighted by atomic mass is 32.1. The minimum absolute atomic E-state index is 0.453. The molecule has 0 unspecified atom stereocenters. The quantitative estimate of drug-likeness (QED) is 0.917. The van der Waals surface area contributed by atoms with E-state index in [1.807, 2.05) is 6.92 Å². The van der Waals surface area contributed by atoms with Crippen molar-refractivity contribution in [3.05, 3.63) is 11.1 Å². The normalized spacial score (nSPS) is 17.6. The number of aromatic nitrogens is 2. The summed E-state index contributed by atoms with van der Waals surface area (Å²) in [6.45, 7) is 8.84. The molecule has 2 aromatic heterocycles. The first-order valence-corrected chi connectivity index (χ1v) is 9.16. The number of hydrogen-bond donors (Lipinski definition) is 1. The van der Waals surface area contributed by atoms with E-state index in [1.165, 1.54) is 35.8 Å². The molecular formula is C15H22N4S2. The third-order valence-electron chi connectivity index (χ3n) is 4.76. The molecule has 0 saturated carbocycles. The minimum atomic E-state index is 0.453. The van der Waals surface area contributed by atoms with Crippen LogP contribution in [-0.2, 0) is 0 Å². The summed E-state index contributed by atoms with van der Waals surface area (Å²) in [5.41, 5.74) is 8.66. The highest BCUT2D eigenvalue weighted by Crippen LogP contribution is 2.46. The van der Waals surface area contributed by atoms with E-state index in [1.54, 1.807) is 11.3 Å². The summed E-state index contributed by atoms with van der Waals surface area (Å²) in [6.07, 6.45) is 3.73. The van der Waals surface area contributed by atoms with Crippen LogP contribution in [0.2, 0.25) is 0 Å². The number of hydrogen-bond acceptors (Lipinski definition) is 6. The van der Waals surface area contributed by atoms with Crippen LogP contribution >= 0.6 is 22.9 Å². The average molecular weight is 323 g/mol. The van der Waals surface area contributed by atoms with Crippen LogP contribution in [0.5, 0.6) is 0 Å². The van der Waals surface area contributed by atoms with Crippen LogP contribution in [0.4, 0.5) is 10.8 Å². The standard InChI is InChI=1S/C15H22N4S2/c1-4-15(5-2)6-7-19(9-15)14-11(12(16)18-21-14)13-17-10(3)8-20-13/h8H,4-7,9H2,1-3H3,(H2,16,18). The highest BCUT2D eigenvalue weighted by Gasteiger charge is 2.37.